The maximum atomic E-state index is 12.1. The Kier molecular flexibility index (Phi) is 5.15. The van der Waals surface area contributed by atoms with E-state index in [2.05, 4.69) is 5.32 Å². The Morgan fingerprint density at radius 3 is 2.52 bits per heavy atom. The summed E-state index contributed by atoms with van der Waals surface area (Å²) >= 11 is 0. The van der Waals surface area contributed by atoms with Crippen LogP contribution in [0.25, 0.3) is 0 Å². The number of nitrogens with zero attached hydrogens (tertiary/aromatic N) is 1. The van der Waals surface area contributed by atoms with Crippen LogP contribution in [0.5, 0.6) is 5.75 Å². The standard InChI is InChI=1S/C15H19N3O5/c16-14(20)15(8-4-1-5-9-15)17-13(19)10-23-12-7-3-2-6-11(12)18(21)22/h2-3,6-7H,1,4-5,8-10H2,(H2,16,20)(H,17,19). The van der Waals surface area contributed by atoms with E-state index in [-0.39, 0.29) is 11.4 Å². The molecule has 0 bridgehead atoms. The molecule has 8 heteroatoms. The number of nitrogens with two attached hydrogens (primary N) is 1. The first-order chi connectivity index (χ1) is 10.9. The molecular formula is C15H19N3O5. The first-order valence-corrected chi connectivity index (χ1v) is 7.42. The van der Waals surface area contributed by atoms with Gasteiger partial charge in [0, 0.05) is 6.07 Å². The molecule has 8 nitrogen and oxygen atoms in total. The van der Waals surface area contributed by atoms with Gasteiger partial charge in [-0.2, -0.15) is 0 Å². The second-order valence-corrected chi connectivity index (χ2v) is 5.57. The minimum absolute atomic E-state index is 0.00409. The maximum Gasteiger partial charge on any atom is 0.310 e. The van der Waals surface area contributed by atoms with Crippen LogP contribution in [0.2, 0.25) is 0 Å². The van der Waals surface area contributed by atoms with Crippen LogP contribution >= 0.6 is 0 Å². The molecule has 1 aliphatic rings. The summed E-state index contributed by atoms with van der Waals surface area (Å²) in [6.07, 6.45) is 3.62. The van der Waals surface area contributed by atoms with Gasteiger partial charge in [0.15, 0.2) is 12.4 Å². The minimum Gasteiger partial charge on any atom is -0.477 e. The van der Waals surface area contributed by atoms with Crippen molar-refractivity contribution in [3.8, 4) is 5.75 Å². The fraction of sp³-hybridized carbons (Fsp3) is 0.467. The second-order valence-electron chi connectivity index (χ2n) is 5.57. The van der Waals surface area contributed by atoms with Crippen molar-refractivity contribution in [3.05, 3.63) is 34.4 Å². The summed E-state index contributed by atoms with van der Waals surface area (Å²) in [5.74, 6) is -1.08. The average molecular weight is 321 g/mol. The molecular weight excluding hydrogens is 302 g/mol. The smallest absolute Gasteiger partial charge is 0.310 e. The highest BCUT2D eigenvalue weighted by Crippen LogP contribution is 2.28. The van der Waals surface area contributed by atoms with Gasteiger partial charge in [-0.05, 0) is 18.9 Å². The van der Waals surface area contributed by atoms with Crippen molar-refractivity contribution < 1.29 is 19.2 Å². The Bertz CT molecular complexity index is 611. The van der Waals surface area contributed by atoms with E-state index in [0.29, 0.717) is 12.8 Å². The highest BCUT2D eigenvalue weighted by atomic mass is 16.6. The third kappa shape index (κ3) is 3.97. The monoisotopic (exact) mass is 321 g/mol. The zero-order chi connectivity index (χ0) is 16.9. The topological polar surface area (TPSA) is 125 Å². The summed E-state index contributed by atoms with van der Waals surface area (Å²) < 4.78 is 5.22. The number of nitro benzene ring substituents is 1. The van der Waals surface area contributed by atoms with Crippen molar-refractivity contribution in [2.24, 2.45) is 5.73 Å². The molecule has 3 N–H and O–H groups in total. The van der Waals surface area contributed by atoms with Crippen LogP contribution in [0.3, 0.4) is 0 Å². The van der Waals surface area contributed by atoms with Crippen molar-refractivity contribution in [1.82, 2.24) is 5.32 Å². The third-order valence-electron chi connectivity index (χ3n) is 3.98. The van der Waals surface area contributed by atoms with Crippen molar-refractivity contribution in [3.63, 3.8) is 0 Å². The lowest BCUT2D eigenvalue weighted by Gasteiger charge is -2.34. The van der Waals surface area contributed by atoms with Crippen LogP contribution in [0.15, 0.2) is 24.3 Å². The number of hydrogen-bond donors (Lipinski definition) is 2. The van der Waals surface area contributed by atoms with Gasteiger partial charge >= 0.3 is 5.69 Å². The molecule has 0 radical (unpaired) electrons. The SMILES string of the molecule is NC(=O)C1(NC(=O)COc2ccccc2[N+](=O)[O-])CCCCC1. The number of para-hydroxylation sites is 2. The summed E-state index contributed by atoms with van der Waals surface area (Å²) in [5, 5.41) is 13.5. The van der Waals surface area contributed by atoms with Gasteiger partial charge in [0.1, 0.15) is 5.54 Å². The van der Waals surface area contributed by atoms with Crippen LogP contribution in [-0.2, 0) is 9.59 Å². The molecule has 0 unspecified atom stereocenters. The molecule has 1 saturated carbocycles. The van der Waals surface area contributed by atoms with Crippen molar-refractivity contribution >= 4 is 17.5 Å². The number of nitrogens with one attached hydrogen (secondary N) is 1. The molecule has 0 aromatic heterocycles. The number of ether oxygens (including phenoxy) is 1. The molecule has 0 heterocycles. The maximum absolute atomic E-state index is 12.1. The number of amides is 2. The van der Waals surface area contributed by atoms with E-state index < -0.39 is 28.9 Å². The molecule has 1 fully saturated rings. The van der Waals surface area contributed by atoms with Gasteiger partial charge in [-0.25, -0.2) is 0 Å². The predicted molar refractivity (Wildman–Crippen MR) is 81.7 cm³/mol. The normalized spacial score (nSPS) is 16.3. The average Bonchev–Trinajstić information content (AvgIpc) is 2.54. The fourth-order valence-electron chi connectivity index (χ4n) is 2.76. The first kappa shape index (κ1) is 16.7. The van der Waals surface area contributed by atoms with Crippen molar-refractivity contribution in [2.45, 2.75) is 37.6 Å². The number of rotatable bonds is 6. The number of carbonyl (C=O) groups excluding carboxylic acids is 2. The molecule has 1 aromatic carbocycles. The highest BCUT2D eigenvalue weighted by molar-refractivity contribution is 5.91. The molecule has 124 valence electrons. The summed E-state index contributed by atoms with van der Waals surface area (Å²) in [5.41, 5.74) is 4.18. The number of primary amides is 1. The van der Waals surface area contributed by atoms with E-state index in [4.69, 9.17) is 10.5 Å². The van der Waals surface area contributed by atoms with Crippen LogP contribution < -0.4 is 15.8 Å². The Morgan fingerprint density at radius 2 is 1.91 bits per heavy atom. The largest absolute Gasteiger partial charge is 0.477 e. The van der Waals surface area contributed by atoms with E-state index in [1.54, 1.807) is 6.07 Å². The molecule has 2 rings (SSSR count). The summed E-state index contributed by atoms with van der Waals surface area (Å²) in [4.78, 5) is 34.1. The van der Waals surface area contributed by atoms with E-state index in [1.807, 2.05) is 0 Å². The first-order valence-electron chi connectivity index (χ1n) is 7.42. The van der Waals surface area contributed by atoms with Crippen molar-refractivity contribution in [1.29, 1.82) is 0 Å². The molecule has 1 aromatic rings. The minimum atomic E-state index is -1.04. The van der Waals surface area contributed by atoms with Crippen LogP contribution in [-0.4, -0.2) is 28.9 Å². The number of carbonyl (C=O) groups is 2. The van der Waals surface area contributed by atoms with Crippen molar-refractivity contribution in [2.75, 3.05) is 6.61 Å². The Balaban J connectivity index is 2.00. The number of benzene rings is 1. The third-order valence-corrected chi connectivity index (χ3v) is 3.98. The molecule has 0 aliphatic heterocycles. The van der Waals surface area contributed by atoms with Gasteiger partial charge in [0.25, 0.3) is 5.91 Å². The van der Waals surface area contributed by atoms with Gasteiger partial charge in [-0.1, -0.05) is 31.4 Å². The van der Waals surface area contributed by atoms with E-state index >= 15 is 0 Å². The summed E-state index contributed by atoms with van der Waals surface area (Å²) in [6, 6.07) is 5.79. The molecule has 0 spiro atoms. The number of hydrogen-bond acceptors (Lipinski definition) is 5. The molecule has 0 saturated heterocycles. The molecule has 0 atom stereocenters. The van der Waals surface area contributed by atoms with Gasteiger partial charge in [-0.3, -0.25) is 19.7 Å². The van der Waals surface area contributed by atoms with Crippen LogP contribution in [0, 0.1) is 10.1 Å². The van der Waals surface area contributed by atoms with E-state index in [0.717, 1.165) is 19.3 Å². The predicted octanol–water partition coefficient (Wildman–Crippen LogP) is 1.28. The van der Waals surface area contributed by atoms with Crippen LogP contribution in [0.4, 0.5) is 5.69 Å². The van der Waals surface area contributed by atoms with Gasteiger partial charge in [-0.15, -0.1) is 0 Å². The lowest BCUT2D eigenvalue weighted by molar-refractivity contribution is -0.385. The molecule has 1 aliphatic carbocycles. The number of nitro groups is 1. The fourth-order valence-corrected chi connectivity index (χ4v) is 2.76. The molecule has 23 heavy (non-hydrogen) atoms. The zero-order valence-electron chi connectivity index (χ0n) is 12.6. The van der Waals surface area contributed by atoms with Gasteiger partial charge in [0.2, 0.25) is 5.91 Å². The Labute approximate surface area is 133 Å². The van der Waals surface area contributed by atoms with E-state index in [9.17, 15) is 19.7 Å². The quantitative estimate of drug-likeness (QED) is 0.603. The lowest BCUT2D eigenvalue weighted by atomic mass is 9.81. The summed E-state index contributed by atoms with van der Waals surface area (Å²) in [6.45, 7) is -0.417. The zero-order valence-corrected chi connectivity index (χ0v) is 12.6. The highest BCUT2D eigenvalue weighted by Gasteiger charge is 2.39. The Morgan fingerprint density at radius 1 is 1.26 bits per heavy atom. The van der Waals surface area contributed by atoms with E-state index in [1.165, 1.54) is 18.2 Å². The Hall–Kier alpha value is -2.64. The van der Waals surface area contributed by atoms with Gasteiger partial charge in [0.05, 0.1) is 4.92 Å². The second kappa shape index (κ2) is 7.08. The summed E-state index contributed by atoms with van der Waals surface area (Å²) in [7, 11) is 0. The van der Waals surface area contributed by atoms with Gasteiger partial charge < -0.3 is 15.8 Å². The van der Waals surface area contributed by atoms with Crippen LogP contribution in [0.1, 0.15) is 32.1 Å². The molecule has 2 amide bonds. The lowest BCUT2D eigenvalue weighted by Crippen LogP contribution is -2.59.